The Hall–Kier alpha value is -2.48. The Morgan fingerprint density at radius 3 is 2.89 bits per heavy atom. The van der Waals surface area contributed by atoms with E-state index in [0.29, 0.717) is 23.2 Å². The number of benzene rings is 1. The zero-order valence-corrected chi connectivity index (χ0v) is 9.70. The molecule has 0 aliphatic rings. The molecule has 0 amide bonds. The predicted molar refractivity (Wildman–Crippen MR) is 64.3 cm³/mol. The molecule has 0 spiro atoms. The molecule has 0 unspecified atom stereocenters. The third kappa shape index (κ3) is 2.13. The Bertz CT molecular complexity index is 685. The molecule has 2 rings (SSSR count). The van der Waals surface area contributed by atoms with Crippen LogP contribution in [0.25, 0.3) is 11.3 Å². The van der Waals surface area contributed by atoms with E-state index in [1.54, 1.807) is 0 Å². The van der Waals surface area contributed by atoms with Crippen LogP contribution >= 0.6 is 0 Å². The summed E-state index contributed by atoms with van der Waals surface area (Å²) >= 11 is 0. The van der Waals surface area contributed by atoms with Gasteiger partial charge in [-0.1, -0.05) is 6.92 Å². The van der Waals surface area contributed by atoms with Crippen LogP contribution in [-0.4, -0.2) is 9.97 Å². The molecule has 1 N–H and O–H groups in total. The standard InChI is InChI=1S/C13H10FN3O/c1-2-11-12(16-7-17-13(11)18)9-3-8(6-15)4-10(14)5-9/h3-5,7H,2H2,1H3,(H,16,17,18). The predicted octanol–water partition coefficient (Wildman–Crippen LogP) is 2.01. The Morgan fingerprint density at radius 1 is 1.44 bits per heavy atom. The van der Waals surface area contributed by atoms with Crippen molar-refractivity contribution in [3.8, 4) is 17.3 Å². The lowest BCUT2D eigenvalue weighted by molar-refractivity contribution is 0.627. The van der Waals surface area contributed by atoms with Crippen LogP contribution in [0.4, 0.5) is 4.39 Å². The average Bonchev–Trinajstić information content (AvgIpc) is 2.37. The minimum atomic E-state index is -0.520. The molecule has 90 valence electrons. The summed E-state index contributed by atoms with van der Waals surface area (Å²) in [5.74, 6) is -0.520. The summed E-state index contributed by atoms with van der Waals surface area (Å²) in [6.07, 6.45) is 1.75. The average molecular weight is 243 g/mol. The van der Waals surface area contributed by atoms with Crippen molar-refractivity contribution in [2.75, 3.05) is 0 Å². The summed E-state index contributed by atoms with van der Waals surface area (Å²) in [5.41, 5.74) is 1.29. The number of hydrogen-bond donors (Lipinski definition) is 1. The van der Waals surface area contributed by atoms with Gasteiger partial charge in [-0.25, -0.2) is 9.37 Å². The molecule has 4 nitrogen and oxygen atoms in total. The minimum Gasteiger partial charge on any atom is -0.313 e. The third-order valence-electron chi connectivity index (χ3n) is 2.60. The first kappa shape index (κ1) is 12.0. The minimum absolute atomic E-state index is 0.203. The number of H-pyrrole nitrogens is 1. The molecular formula is C13H10FN3O. The van der Waals surface area contributed by atoms with Gasteiger partial charge in [-0.3, -0.25) is 4.79 Å². The van der Waals surface area contributed by atoms with Gasteiger partial charge in [-0.2, -0.15) is 5.26 Å². The van der Waals surface area contributed by atoms with Crippen molar-refractivity contribution in [1.82, 2.24) is 9.97 Å². The van der Waals surface area contributed by atoms with E-state index < -0.39 is 5.82 Å². The maximum atomic E-state index is 13.4. The number of nitrogens with one attached hydrogen (secondary N) is 1. The summed E-state index contributed by atoms with van der Waals surface area (Å²) < 4.78 is 13.4. The van der Waals surface area contributed by atoms with E-state index in [-0.39, 0.29) is 11.1 Å². The van der Waals surface area contributed by atoms with Crippen molar-refractivity contribution in [3.05, 3.63) is 51.8 Å². The van der Waals surface area contributed by atoms with Gasteiger partial charge in [0, 0.05) is 11.1 Å². The van der Waals surface area contributed by atoms with Gasteiger partial charge in [0.05, 0.1) is 23.7 Å². The van der Waals surface area contributed by atoms with Crippen molar-refractivity contribution < 1.29 is 4.39 Å². The Kier molecular flexibility index (Phi) is 3.20. The van der Waals surface area contributed by atoms with Gasteiger partial charge < -0.3 is 4.98 Å². The number of aromatic amines is 1. The van der Waals surface area contributed by atoms with Crippen LogP contribution in [0.5, 0.6) is 0 Å². The normalized spacial score (nSPS) is 10.1. The molecule has 0 bridgehead atoms. The molecule has 1 aromatic heterocycles. The molecule has 0 aliphatic heterocycles. The Labute approximate surface area is 103 Å². The molecular weight excluding hydrogens is 233 g/mol. The van der Waals surface area contributed by atoms with Crippen molar-refractivity contribution in [3.63, 3.8) is 0 Å². The fourth-order valence-corrected chi connectivity index (χ4v) is 1.80. The van der Waals surface area contributed by atoms with Crippen LogP contribution in [-0.2, 0) is 6.42 Å². The molecule has 2 aromatic rings. The van der Waals surface area contributed by atoms with Crippen molar-refractivity contribution in [2.45, 2.75) is 13.3 Å². The largest absolute Gasteiger partial charge is 0.313 e. The quantitative estimate of drug-likeness (QED) is 0.877. The van der Waals surface area contributed by atoms with Crippen LogP contribution in [0.15, 0.2) is 29.3 Å². The molecule has 1 aromatic carbocycles. The summed E-state index contributed by atoms with van der Waals surface area (Å²) in [4.78, 5) is 18.2. The smallest absolute Gasteiger partial charge is 0.254 e. The van der Waals surface area contributed by atoms with Gasteiger partial charge >= 0.3 is 0 Å². The van der Waals surface area contributed by atoms with E-state index >= 15 is 0 Å². The van der Waals surface area contributed by atoms with Gasteiger partial charge in [0.25, 0.3) is 5.56 Å². The van der Waals surface area contributed by atoms with Gasteiger partial charge in [0.1, 0.15) is 5.82 Å². The van der Waals surface area contributed by atoms with E-state index in [1.165, 1.54) is 18.5 Å². The molecule has 0 fully saturated rings. The maximum absolute atomic E-state index is 13.4. The van der Waals surface area contributed by atoms with Gasteiger partial charge in [-0.05, 0) is 24.6 Å². The highest BCUT2D eigenvalue weighted by atomic mass is 19.1. The zero-order chi connectivity index (χ0) is 13.1. The van der Waals surface area contributed by atoms with Crippen LogP contribution in [0.2, 0.25) is 0 Å². The molecule has 0 saturated carbocycles. The van der Waals surface area contributed by atoms with Crippen molar-refractivity contribution in [2.24, 2.45) is 0 Å². The van der Waals surface area contributed by atoms with E-state index in [2.05, 4.69) is 9.97 Å². The molecule has 0 aliphatic carbocycles. The summed E-state index contributed by atoms with van der Waals surface area (Å²) in [6, 6.07) is 5.80. The van der Waals surface area contributed by atoms with Crippen LogP contribution < -0.4 is 5.56 Å². The lowest BCUT2D eigenvalue weighted by atomic mass is 10.0. The second kappa shape index (κ2) is 4.80. The van der Waals surface area contributed by atoms with Crippen molar-refractivity contribution >= 4 is 0 Å². The molecule has 0 saturated heterocycles. The Morgan fingerprint density at radius 2 is 2.22 bits per heavy atom. The highest BCUT2D eigenvalue weighted by molar-refractivity contribution is 5.64. The maximum Gasteiger partial charge on any atom is 0.254 e. The molecule has 5 heteroatoms. The second-order valence-electron chi connectivity index (χ2n) is 3.75. The lowest BCUT2D eigenvalue weighted by Gasteiger charge is -2.06. The van der Waals surface area contributed by atoms with E-state index in [1.807, 2.05) is 13.0 Å². The number of rotatable bonds is 2. The topological polar surface area (TPSA) is 69.5 Å². The second-order valence-corrected chi connectivity index (χ2v) is 3.75. The zero-order valence-electron chi connectivity index (χ0n) is 9.70. The number of aromatic nitrogens is 2. The molecule has 1 heterocycles. The third-order valence-corrected chi connectivity index (χ3v) is 2.60. The van der Waals surface area contributed by atoms with Crippen LogP contribution in [0.3, 0.4) is 0 Å². The fourth-order valence-electron chi connectivity index (χ4n) is 1.80. The monoisotopic (exact) mass is 243 g/mol. The molecule has 0 radical (unpaired) electrons. The van der Waals surface area contributed by atoms with Crippen LogP contribution in [0.1, 0.15) is 18.1 Å². The number of hydrogen-bond acceptors (Lipinski definition) is 3. The first-order valence-corrected chi connectivity index (χ1v) is 5.43. The fraction of sp³-hybridized carbons (Fsp3) is 0.154. The Balaban J connectivity index is 2.70. The van der Waals surface area contributed by atoms with Gasteiger partial charge in [0.15, 0.2) is 0 Å². The first-order chi connectivity index (χ1) is 8.65. The van der Waals surface area contributed by atoms with Crippen LogP contribution in [0, 0.1) is 17.1 Å². The number of halogens is 1. The lowest BCUT2D eigenvalue weighted by Crippen LogP contribution is -2.14. The van der Waals surface area contributed by atoms with E-state index in [4.69, 9.17) is 5.26 Å². The van der Waals surface area contributed by atoms with Crippen molar-refractivity contribution in [1.29, 1.82) is 5.26 Å². The van der Waals surface area contributed by atoms with E-state index in [9.17, 15) is 9.18 Å². The number of nitriles is 1. The van der Waals surface area contributed by atoms with E-state index in [0.717, 1.165) is 6.07 Å². The SMILES string of the molecule is CCc1c(-c2cc(F)cc(C#N)c2)nc[nH]c1=O. The summed E-state index contributed by atoms with van der Waals surface area (Å²) in [7, 11) is 0. The summed E-state index contributed by atoms with van der Waals surface area (Å²) in [5, 5.41) is 8.81. The number of nitrogens with zero attached hydrogens (tertiary/aromatic N) is 2. The van der Waals surface area contributed by atoms with Gasteiger partial charge in [-0.15, -0.1) is 0 Å². The van der Waals surface area contributed by atoms with Gasteiger partial charge in [0.2, 0.25) is 0 Å². The highest BCUT2D eigenvalue weighted by Gasteiger charge is 2.11. The molecule has 18 heavy (non-hydrogen) atoms. The summed E-state index contributed by atoms with van der Waals surface area (Å²) in [6.45, 7) is 1.82. The first-order valence-electron chi connectivity index (χ1n) is 5.43. The molecule has 0 atom stereocenters. The highest BCUT2D eigenvalue weighted by Crippen LogP contribution is 2.21.